The average Bonchev–Trinajstić information content (AvgIpc) is 2.82. The van der Waals surface area contributed by atoms with Crippen molar-refractivity contribution in [1.82, 2.24) is 0 Å². The molecule has 0 unspecified atom stereocenters. The quantitative estimate of drug-likeness (QED) is 0.743. The van der Waals surface area contributed by atoms with Crippen molar-refractivity contribution >= 4 is 5.97 Å². The Hall–Kier alpha value is -1.25. The van der Waals surface area contributed by atoms with Gasteiger partial charge in [-0.15, -0.1) is 0 Å². The van der Waals surface area contributed by atoms with Gasteiger partial charge < -0.3 is 9.15 Å². The third-order valence-corrected chi connectivity index (χ3v) is 3.90. The fraction of sp³-hybridized carbons (Fsp3) is 0.667. The Kier molecular flexibility index (Phi) is 3.79. The largest absolute Gasteiger partial charge is 0.457 e. The van der Waals surface area contributed by atoms with Gasteiger partial charge in [-0.25, -0.2) is 4.79 Å². The van der Waals surface area contributed by atoms with E-state index in [9.17, 15) is 4.79 Å². The summed E-state index contributed by atoms with van der Waals surface area (Å²) in [5.74, 6) is 0.697. The highest BCUT2D eigenvalue weighted by molar-refractivity contribution is 5.86. The van der Waals surface area contributed by atoms with Gasteiger partial charge in [0.15, 0.2) is 0 Å². The second kappa shape index (κ2) is 5.17. The zero-order valence-corrected chi connectivity index (χ0v) is 11.4. The molecule has 0 radical (unpaired) electrons. The molecule has 3 heteroatoms. The number of hydrogen-bond donors (Lipinski definition) is 0. The van der Waals surface area contributed by atoms with Gasteiger partial charge >= 0.3 is 5.97 Å². The van der Waals surface area contributed by atoms with Crippen LogP contribution in [0.15, 0.2) is 22.8 Å². The first-order chi connectivity index (χ1) is 8.47. The molecule has 0 N–H and O–H groups in total. The molecule has 1 aliphatic carbocycles. The molecule has 100 valence electrons. The zero-order chi connectivity index (χ0) is 13.2. The molecule has 0 spiro atoms. The molecule has 1 aliphatic rings. The standard InChI is InChI=1S/C15H22O3/c1-15(2,3)11-6-8-12(9-7-11)18-14(16)13-5-4-10-17-13/h4-5,10-12H,6-9H2,1-3H3. The first-order valence-corrected chi connectivity index (χ1v) is 6.71. The van der Waals surface area contributed by atoms with Crippen molar-refractivity contribution in [3.63, 3.8) is 0 Å². The number of carbonyl (C=O) groups excluding carboxylic acids is 1. The highest BCUT2D eigenvalue weighted by atomic mass is 16.6. The van der Waals surface area contributed by atoms with E-state index in [1.54, 1.807) is 12.1 Å². The summed E-state index contributed by atoms with van der Waals surface area (Å²) in [6.45, 7) is 6.85. The van der Waals surface area contributed by atoms with E-state index in [0.717, 1.165) is 31.6 Å². The van der Waals surface area contributed by atoms with Crippen LogP contribution in [0.3, 0.4) is 0 Å². The number of rotatable bonds is 2. The fourth-order valence-corrected chi connectivity index (χ4v) is 2.65. The molecule has 0 bridgehead atoms. The summed E-state index contributed by atoms with van der Waals surface area (Å²) in [6, 6.07) is 3.34. The van der Waals surface area contributed by atoms with E-state index in [2.05, 4.69) is 20.8 Å². The van der Waals surface area contributed by atoms with Crippen molar-refractivity contribution < 1.29 is 13.9 Å². The highest BCUT2D eigenvalue weighted by Crippen LogP contribution is 2.38. The van der Waals surface area contributed by atoms with E-state index < -0.39 is 0 Å². The van der Waals surface area contributed by atoms with Crippen LogP contribution in [0.25, 0.3) is 0 Å². The Morgan fingerprint density at radius 1 is 1.28 bits per heavy atom. The van der Waals surface area contributed by atoms with Crippen LogP contribution in [0.5, 0.6) is 0 Å². The third-order valence-electron chi connectivity index (χ3n) is 3.90. The Morgan fingerprint density at radius 2 is 1.94 bits per heavy atom. The van der Waals surface area contributed by atoms with Crippen molar-refractivity contribution in [3.05, 3.63) is 24.2 Å². The van der Waals surface area contributed by atoms with Crippen molar-refractivity contribution in [3.8, 4) is 0 Å². The first kappa shape index (κ1) is 13.2. The van der Waals surface area contributed by atoms with Gasteiger partial charge in [-0.1, -0.05) is 20.8 Å². The van der Waals surface area contributed by atoms with Crippen LogP contribution in [0.2, 0.25) is 0 Å². The van der Waals surface area contributed by atoms with Crippen molar-refractivity contribution in [2.45, 2.75) is 52.6 Å². The molecule has 18 heavy (non-hydrogen) atoms. The fourth-order valence-electron chi connectivity index (χ4n) is 2.65. The second-order valence-electron chi connectivity index (χ2n) is 6.22. The van der Waals surface area contributed by atoms with Crippen LogP contribution in [-0.2, 0) is 4.74 Å². The van der Waals surface area contributed by atoms with Gasteiger partial charge in [0.25, 0.3) is 0 Å². The topological polar surface area (TPSA) is 39.4 Å². The lowest BCUT2D eigenvalue weighted by Crippen LogP contribution is -2.30. The van der Waals surface area contributed by atoms with E-state index in [1.807, 2.05) is 0 Å². The molecule has 0 aromatic carbocycles. The molecule has 0 atom stereocenters. The first-order valence-electron chi connectivity index (χ1n) is 6.71. The van der Waals surface area contributed by atoms with Gasteiger partial charge in [-0.05, 0) is 49.1 Å². The lowest BCUT2D eigenvalue weighted by atomic mass is 9.72. The second-order valence-corrected chi connectivity index (χ2v) is 6.22. The molecule has 1 saturated carbocycles. The molecule has 0 amide bonds. The van der Waals surface area contributed by atoms with Crippen molar-refractivity contribution in [2.75, 3.05) is 0 Å². The summed E-state index contributed by atoms with van der Waals surface area (Å²) in [4.78, 5) is 11.7. The summed E-state index contributed by atoms with van der Waals surface area (Å²) in [5.41, 5.74) is 0.357. The minimum atomic E-state index is -0.334. The van der Waals surface area contributed by atoms with Crippen molar-refractivity contribution in [1.29, 1.82) is 0 Å². The van der Waals surface area contributed by atoms with E-state index in [1.165, 1.54) is 6.26 Å². The Bertz CT molecular complexity index is 378. The molecular weight excluding hydrogens is 228 g/mol. The minimum Gasteiger partial charge on any atom is -0.457 e. The summed E-state index contributed by atoms with van der Waals surface area (Å²) >= 11 is 0. The number of furan rings is 1. The Balaban J connectivity index is 1.82. The van der Waals surface area contributed by atoms with E-state index in [4.69, 9.17) is 9.15 Å². The monoisotopic (exact) mass is 250 g/mol. The van der Waals surface area contributed by atoms with Crippen LogP contribution in [-0.4, -0.2) is 12.1 Å². The molecule has 0 saturated heterocycles. The van der Waals surface area contributed by atoms with E-state index in [0.29, 0.717) is 11.2 Å². The zero-order valence-electron chi connectivity index (χ0n) is 11.4. The van der Waals surface area contributed by atoms with Gasteiger partial charge in [0.2, 0.25) is 5.76 Å². The summed E-state index contributed by atoms with van der Waals surface area (Å²) in [7, 11) is 0. The normalized spacial score (nSPS) is 24.8. The van der Waals surface area contributed by atoms with Crippen molar-refractivity contribution in [2.24, 2.45) is 11.3 Å². The number of hydrogen-bond acceptors (Lipinski definition) is 3. The molecule has 1 heterocycles. The van der Waals surface area contributed by atoms with Gasteiger partial charge in [0, 0.05) is 0 Å². The van der Waals surface area contributed by atoms with Crippen LogP contribution < -0.4 is 0 Å². The molecular formula is C15H22O3. The molecule has 1 fully saturated rings. The van der Waals surface area contributed by atoms with Gasteiger partial charge in [-0.3, -0.25) is 0 Å². The maximum atomic E-state index is 11.7. The molecule has 1 aromatic rings. The van der Waals surface area contributed by atoms with E-state index >= 15 is 0 Å². The van der Waals surface area contributed by atoms with Crippen LogP contribution in [0, 0.1) is 11.3 Å². The number of ether oxygens (including phenoxy) is 1. The average molecular weight is 250 g/mol. The van der Waals surface area contributed by atoms with Crippen LogP contribution in [0.1, 0.15) is 57.0 Å². The van der Waals surface area contributed by atoms with Gasteiger partial charge in [0.1, 0.15) is 6.10 Å². The molecule has 1 aromatic heterocycles. The Morgan fingerprint density at radius 3 is 2.44 bits per heavy atom. The van der Waals surface area contributed by atoms with Gasteiger partial charge in [-0.2, -0.15) is 0 Å². The molecule has 3 nitrogen and oxygen atoms in total. The third kappa shape index (κ3) is 3.15. The number of esters is 1. The summed E-state index contributed by atoms with van der Waals surface area (Å²) < 4.78 is 10.5. The predicted octanol–water partition coefficient (Wildman–Crippen LogP) is 4.04. The minimum absolute atomic E-state index is 0.0567. The summed E-state index contributed by atoms with van der Waals surface area (Å²) in [5, 5.41) is 0. The van der Waals surface area contributed by atoms with E-state index in [-0.39, 0.29) is 12.1 Å². The smallest absolute Gasteiger partial charge is 0.374 e. The van der Waals surface area contributed by atoms with Crippen LogP contribution in [0.4, 0.5) is 0 Å². The molecule has 0 aliphatic heterocycles. The lowest BCUT2D eigenvalue weighted by Gasteiger charge is -2.36. The highest BCUT2D eigenvalue weighted by Gasteiger charge is 2.31. The number of carbonyl (C=O) groups is 1. The Labute approximate surface area is 109 Å². The SMILES string of the molecule is CC(C)(C)C1CCC(OC(=O)c2ccco2)CC1. The van der Waals surface area contributed by atoms with Gasteiger partial charge in [0.05, 0.1) is 6.26 Å². The van der Waals surface area contributed by atoms with Crippen LogP contribution >= 0.6 is 0 Å². The predicted molar refractivity (Wildman–Crippen MR) is 69.3 cm³/mol. The lowest BCUT2D eigenvalue weighted by molar-refractivity contribution is 0.00634. The summed E-state index contributed by atoms with van der Waals surface area (Å²) in [6.07, 6.45) is 5.76. The maximum Gasteiger partial charge on any atom is 0.374 e. The molecule has 2 rings (SSSR count). The maximum absolute atomic E-state index is 11.7.